The smallest absolute Gasteiger partial charge is 0.414 e. The molecule has 2 aromatic heterocycles. The monoisotopic (exact) mass is 577 g/mol. The Morgan fingerprint density at radius 1 is 0.902 bits per heavy atom. The number of rotatable bonds is 5. The van der Waals surface area contributed by atoms with Crippen LogP contribution >= 0.6 is 0 Å². The van der Waals surface area contributed by atoms with Gasteiger partial charge >= 0.3 is 23.9 Å². The van der Waals surface area contributed by atoms with Crippen LogP contribution in [0.5, 0.6) is 0 Å². The van der Waals surface area contributed by atoms with E-state index in [1.165, 1.54) is 37.2 Å². The zero-order valence-electron chi connectivity index (χ0n) is 22.2. The van der Waals surface area contributed by atoms with Gasteiger partial charge in [-0.05, 0) is 63.9 Å². The van der Waals surface area contributed by atoms with Crippen molar-refractivity contribution in [3.05, 3.63) is 41.4 Å². The Labute approximate surface area is 233 Å². The Morgan fingerprint density at radius 2 is 1.56 bits per heavy atom. The van der Waals surface area contributed by atoms with Gasteiger partial charge in [-0.2, -0.15) is 0 Å². The number of fused-ring (bicyclic) bond motifs is 2. The number of likely N-dealkylation sites (tertiary alicyclic amines) is 1. The summed E-state index contributed by atoms with van der Waals surface area (Å²) in [7, 11) is 0. The number of aryl methyl sites for hydroxylation is 2. The van der Waals surface area contributed by atoms with E-state index in [-0.39, 0.29) is 5.82 Å². The van der Waals surface area contributed by atoms with Crippen molar-refractivity contribution in [2.45, 2.75) is 63.8 Å². The SMILES string of the molecule is Fc1ccc2c(C3CCN(CCCc4nnc5n4CCCCC5)CC3)noc2c1.O=C(O)C(=O)O.O=C(O)C(=O)O. The molecule has 0 bridgehead atoms. The first-order valence-electron chi connectivity index (χ1n) is 13.2. The highest BCUT2D eigenvalue weighted by atomic mass is 19.1. The van der Waals surface area contributed by atoms with Crippen molar-refractivity contribution in [3.63, 3.8) is 0 Å². The van der Waals surface area contributed by atoms with E-state index in [2.05, 4.69) is 24.8 Å². The van der Waals surface area contributed by atoms with Crippen LogP contribution in [0.3, 0.4) is 0 Å². The zero-order valence-corrected chi connectivity index (χ0v) is 22.2. The molecule has 0 atom stereocenters. The maximum atomic E-state index is 13.4. The molecule has 3 aromatic rings. The number of carbonyl (C=O) groups is 4. The van der Waals surface area contributed by atoms with Crippen LogP contribution in [0.2, 0.25) is 0 Å². The highest BCUT2D eigenvalue weighted by molar-refractivity contribution is 6.27. The number of nitrogens with zero attached hydrogens (tertiary/aromatic N) is 5. The van der Waals surface area contributed by atoms with E-state index in [4.69, 9.17) is 44.1 Å². The maximum absolute atomic E-state index is 13.4. The van der Waals surface area contributed by atoms with Gasteiger partial charge in [0.15, 0.2) is 5.58 Å². The predicted molar refractivity (Wildman–Crippen MR) is 139 cm³/mol. The third kappa shape index (κ3) is 9.06. The zero-order chi connectivity index (χ0) is 29.9. The van der Waals surface area contributed by atoms with Crippen LogP contribution in [0.25, 0.3) is 11.0 Å². The van der Waals surface area contributed by atoms with E-state index in [9.17, 15) is 4.39 Å². The minimum Gasteiger partial charge on any atom is -0.473 e. The summed E-state index contributed by atoms with van der Waals surface area (Å²) >= 11 is 0. The second-order valence-corrected chi connectivity index (χ2v) is 9.64. The molecule has 2 aliphatic heterocycles. The number of carboxylic acids is 4. The summed E-state index contributed by atoms with van der Waals surface area (Å²) in [4.78, 5) is 38.9. The van der Waals surface area contributed by atoms with Crippen LogP contribution in [0.15, 0.2) is 22.7 Å². The van der Waals surface area contributed by atoms with Gasteiger partial charge in [0, 0.05) is 36.8 Å². The standard InChI is InChI=1S/C22H28FN5O.2C2H2O4/c23-17-7-8-18-19(15-17)29-26-22(18)16-9-13-27(14-10-16)11-4-6-21-25-24-20-5-2-1-3-12-28(20)21;2*3-1(4)2(5)6/h7-8,15-16H,1-6,9-14H2;2*(H,3,4)(H,5,6). The lowest BCUT2D eigenvalue weighted by molar-refractivity contribution is -0.159. The fourth-order valence-electron chi connectivity index (χ4n) is 4.85. The Hall–Kier alpha value is -4.40. The molecular weight excluding hydrogens is 545 g/mol. The molecule has 41 heavy (non-hydrogen) atoms. The predicted octanol–water partition coefficient (Wildman–Crippen LogP) is 2.41. The summed E-state index contributed by atoms with van der Waals surface area (Å²) in [6, 6.07) is 4.71. The fraction of sp³-hybridized carbons (Fsp3) is 0.500. The molecule has 0 aliphatic carbocycles. The van der Waals surface area contributed by atoms with Gasteiger partial charge in [0.05, 0.1) is 5.69 Å². The van der Waals surface area contributed by atoms with Crippen LogP contribution in [0, 0.1) is 5.82 Å². The molecule has 1 aromatic carbocycles. The first-order valence-corrected chi connectivity index (χ1v) is 13.2. The van der Waals surface area contributed by atoms with Crippen molar-refractivity contribution in [3.8, 4) is 0 Å². The molecule has 0 saturated carbocycles. The van der Waals surface area contributed by atoms with Crippen LogP contribution in [-0.2, 0) is 38.6 Å². The van der Waals surface area contributed by atoms with Crippen molar-refractivity contribution in [1.82, 2.24) is 24.8 Å². The average molecular weight is 578 g/mol. The van der Waals surface area contributed by atoms with Crippen molar-refractivity contribution < 1.29 is 48.5 Å². The molecule has 222 valence electrons. The summed E-state index contributed by atoms with van der Waals surface area (Å²) in [5.74, 6) is -4.84. The van der Waals surface area contributed by atoms with Gasteiger partial charge in [0.25, 0.3) is 0 Å². The molecule has 14 nitrogen and oxygen atoms in total. The topological polar surface area (TPSA) is 209 Å². The second kappa shape index (κ2) is 14.8. The Kier molecular flexibility index (Phi) is 11.3. The molecule has 15 heteroatoms. The molecule has 2 aliphatic rings. The number of piperidine rings is 1. The van der Waals surface area contributed by atoms with Crippen molar-refractivity contribution in [2.75, 3.05) is 19.6 Å². The van der Waals surface area contributed by atoms with Gasteiger partial charge < -0.3 is 34.4 Å². The summed E-state index contributed by atoms with van der Waals surface area (Å²) < 4.78 is 21.1. The number of benzene rings is 1. The van der Waals surface area contributed by atoms with Crippen LogP contribution in [0.4, 0.5) is 4.39 Å². The molecule has 1 fully saturated rings. The summed E-state index contributed by atoms with van der Waals surface area (Å²) in [6.45, 7) is 4.31. The van der Waals surface area contributed by atoms with E-state index in [0.717, 1.165) is 75.2 Å². The number of halogens is 1. The van der Waals surface area contributed by atoms with Crippen molar-refractivity contribution >= 4 is 34.8 Å². The molecule has 4 N–H and O–H groups in total. The highest BCUT2D eigenvalue weighted by Crippen LogP contribution is 2.32. The lowest BCUT2D eigenvalue weighted by Gasteiger charge is -2.31. The average Bonchev–Trinajstić information content (AvgIpc) is 3.44. The van der Waals surface area contributed by atoms with E-state index < -0.39 is 23.9 Å². The largest absolute Gasteiger partial charge is 0.473 e. The van der Waals surface area contributed by atoms with Crippen LogP contribution in [0.1, 0.15) is 61.8 Å². The Bertz CT molecular complexity index is 1320. The van der Waals surface area contributed by atoms with E-state index >= 15 is 0 Å². The number of hydrogen-bond acceptors (Lipinski definition) is 9. The number of aromatic nitrogens is 4. The quantitative estimate of drug-likeness (QED) is 0.321. The third-order valence-corrected chi connectivity index (χ3v) is 6.86. The summed E-state index contributed by atoms with van der Waals surface area (Å²) in [5.41, 5.74) is 1.54. The maximum Gasteiger partial charge on any atom is 0.414 e. The molecule has 0 amide bonds. The first-order chi connectivity index (χ1) is 19.6. The number of carboxylic acid groups (broad SMARTS) is 4. The lowest BCUT2D eigenvalue weighted by Crippen LogP contribution is -2.34. The van der Waals surface area contributed by atoms with E-state index in [1.54, 1.807) is 6.07 Å². The highest BCUT2D eigenvalue weighted by Gasteiger charge is 2.25. The van der Waals surface area contributed by atoms with Crippen molar-refractivity contribution in [1.29, 1.82) is 0 Å². The first kappa shape index (κ1) is 31.1. The van der Waals surface area contributed by atoms with E-state index in [0.29, 0.717) is 11.5 Å². The Balaban J connectivity index is 0.000000326. The van der Waals surface area contributed by atoms with Gasteiger partial charge in [-0.3, -0.25) is 0 Å². The third-order valence-electron chi connectivity index (χ3n) is 6.86. The Morgan fingerprint density at radius 3 is 2.20 bits per heavy atom. The molecule has 0 unspecified atom stereocenters. The van der Waals surface area contributed by atoms with Gasteiger partial charge in [0.2, 0.25) is 0 Å². The normalized spacial score (nSPS) is 15.4. The summed E-state index contributed by atoms with van der Waals surface area (Å²) in [6.07, 6.45) is 9.12. The summed E-state index contributed by atoms with van der Waals surface area (Å²) in [5, 5.41) is 43.6. The lowest BCUT2D eigenvalue weighted by atomic mass is 9.91. The number of hydrogen-bond donors (Lipinski definition) is 4. The van der Waals surface area contributed by atoms with Crippen LogP contribution in [-0.4, -0.2) is 88.8 Å². The van der Waals surface area contributed by atoms with E-state index in [1.807, 2.05) is 0 Å². The van der Waals surface area contributed by atoms with Crippen LogP contribution < -0.4 is 0 Å². The molecule has 0 spiro atoms. The molecule has 1 saturated heterocycles. The molecule has 4 heterocycles. The fourth-order valence-corrected chi connectivity index (χ4v) is 4.85. The molecule has 0 radical (unpaired) electrons. The minimum absolute atomic E-state index is 0.278. The van der Waals surface area contributed by atoms with Gasteiger partial charge in [-0.15, -0.1) is 10.2 Å². The molecular formula is C26H32FN5O9. The minimum atomic E-state index is -1.82. The number of aliphatic carboxylic acids is 4. The second-order valence-electron chi connectivity index (χ2n) is 9.64. The molecule has 5 rings (SSSR count). The van der Waals surface area contributed by atoms with Gasteiger partial charge in [0.1, 0.15) is 17.5 Å². The van der Waals surface area contributed by atoms with Crippen molar-refractivity contribution in [2.24, 2.45) is 0 Å². The van der Waals surface area contributed by atoms with Gasteiger partial charge in [-0.25, -0.2) is 23.6 Å². The van der Waals surface area contributed by atoms with Gasteiger partial charge in [-0.1, -0.05) is 11.6 Å².